The highest BCUT2D eigenvalue weighted by molar-refractivity contribution is 4.91. The minimum atomic E-state index is 0.0972. The first-order valence-electron chi connectivity index (χ1n) is 5.24. The summed E-state index contributed by atoms with van der Waals surface area (Å²) in [5.41, 5.74) is 0.0972. The number of imidazole rings is 1. The predicted molar refractivity (Wildman–Crippen MR) is 58.7 cm³/mol. The summed E-state index contributed by atoms with van der Waals surface area (Å²) < 4.78 is 3.54. The van der Waals surface area contributed by atoms with E-state index in [2.05, 4.69) is 11.2 Å². The van der Waals surface area contributed by atoms with Crippen molar-refractivity contribution in [2.75, 3.05) is 13.1 Å². The fourth-order valence-corrected chi connectivity index (χ4v) is 1.59. The summed E-state index contributed by atoms with van der Waals surface area (Å²) in [6.07, 6.45) is 11.1. The Morgan fingerprint density at radius 3 is 3.00 bits per heavy atom. The molecule has 1 N–H and O–H groups in total. The average molecular weight is 205 g/mol. The van der Waals surface area contributed by atoms with E-state index in [-0.39, 0.29) is 5.69 Å². The van der Waals surface area contributed by atoms with Gasteiger partial charge in [-0.15, -0.1) is 6.42 Å². The number of aromatic nitrogens is 2. The molecule has 1 fully saturated rings. The van der Waals surface area contributed by atoms with Crippen LogP contribution in [-0.2, 0) is 6.54 Å². The fraction of sp³-hybridized carbons (Fsp3) is 0.545. The fourth-order valence-electron chi connectivity index (χ4n) is 1.59. The smallest absolute Gasteiger partial charge is 0.304 e. The lowest BCUT2D eigenvalue weighted by atomic mass is 10.5. The maximum atomic E-state index is 11.8. The van der Waals surface area contributed by atoms with Crippen molar-refractivity contribution in [1.29, 1.82) is 0 Å². The van der Waals surface area contributed by atoms with E-state index in [4.69, 9.17) is 6.42 Å². The molecule has 0 radical (unpaired) electrons. The summed E-state index contributed by atoms with van der Waals surface area (Å²) >= 11 is 0. The number of hydrogen-bond acceptors (Lipinski definition) is 2. The molecule has 4 nitrogen and oxygen atoms in total. The Morgan fingerprint density at radius 1 is 1.53 bits per heavy atom. The average Bonchev–Trinajstić information content (AvgIpc) is 3.00. The molecule has 1 aliphatic carbocycles. The molecule has 15 heavy (non-hydrogen) atoms. The second-order valence-electron chi connectivity index (χ2n) is 3.79. The van der Waals surface area contributed by atoms with Gasteiger partial charge in [-0.3, -0.25) is 9.13 Å². The molecule has 1 aromatic heterocycles. The van der Waals surface area contributed by atoms with Crippen LogP contribution in [0.3, 0.4) is 0 Å². The van der Waals surface area contributed by atoms with Gasteiger partial charge in [0.15, 0.2) is 0 Å². The third kappa shape index (κ3) is 2.31. The topological polar surface area (TPSA) is 39.0 Å². The summed E-state index contributed by atoms with van der Waals surface area (Å²) in [5, 5.41) is 3.06. The lowest BCUT2D eigenvalue weighted by molar-refractivity contribution is 0.588. The quantitative estimate of drug-likeness (QED) is 0.551. The van der Waals surface area contributed by atoms with E-state index < -0.39 is 0 Å². The lowest BCUT2D eigenvalue weighted by Gasteiger charge is -2.01. The third-order valence-electron chi connectivity index (χ3n) is 2.57. The van der Waals surface area contributed by atoms with Crippen LogP contribution in [0.25, 0.3) is 0 Å². The van der Waals surface area contributed by atoms with Crippen LogP contribution in [0.15, 0.2) is 17.2 Å². The maximum Gasteiger partial charge on any atom is 0.328 e. The van der Waals surface area contributed by atoms with E-state index in [1.165, 1.54) is 0 Å². The van der Waals surface area contributed by atoms with Gasteiger partial charge in [0.1, 0.15) is 0 Å². The van der Waals surface area contributed by atoms with Gasteiger partial charge in [-0.05, 0) is 12.8 Å². The lowest BCUT2D eigenvalue weighted by Crippen LogP contribution is -2.28. The Balaban J connectivity index is 1.91. The van der Waals surface area contributed by atoms with Gasteiger partial charge in [0.25, 0.3) is 0 Å². The molecule has 1 aromatic rings. The molecule has 0 bridgehead atoms. The van der Waals surface area contributed by atoms with Crippen LogP contribution in [0.2, 0.25) is 0 Å². The molecule has 0 aliphatic heterocycles. The summed E-state index contributed by atoms with van der Waals surface area (Å²) in [6.45, 7) is 1.97. The monoisotopic (exact) mass is 205 g/mol. The van der Waals surface area contributed by atoms with Crippen molar-refractivity contribution in [3.63, 3.8) is 0 Å². The first-order chi connectivity index (χ1) is 7.33. The van der Waals surface area contributed by atoms with Gasteiger partial charge in [-0.2, -0.15) is 0 Å². The van der Waals surface area contributed by atoms with Crippen molar-refractivity contribution in [1.82, 2.24) is 14.5 Å². The van der Waals surface area contributed by atoms with Gasteiger partial charge in [-0.25, -0.2) is 4.79 Å². The summed E-state index contributed by atoms with van der Waals surface area (Å²) in [7, 11) is 0. The highest BCUT2D eigenvalue weighted by Crippen LogP contribution is 2.33. The van der Waals surface area contributed by atoms with E-state index in [9.17, 15) is 4.79 Å². The predicted octanol–water partition coefficient (Wildman–Crippen LogP) is 0.207. The van der Waals surface area contributed by atoms with Crippen LogP contribution in [0.1, 0.15) is 18.9 Å². The molecule has 0 spiro atoms. The third-order valence-corrected chi connectivity index (χ3v) is 2.57. The molecule has 1 aliphatic rings. The van der Waals surface area contributed by atoms with E-state index in [0.29, 0.717) is 19.1 Å². The van der Waals surface area contributed by atoms with Gasteiger partial charge < -0.3 is 5.32 Å². The molecule has 0 unspecified atom stereocenters. The van der Waals surface area contributed by atoms with Crippen molar-refractivity contribution in [3.8, 4) is 12.3 Å². The van der Waals surface area contributed by atoms with Gasteiger partial charge in [0.05, 0.1) is 6.54 Å². The maximum absolute atomic E-state index is 11.8. The zero-order chi connectivity index (χ0) is 10.7. The van der Waals surface area contributed by atoms with Crippen molar-refractivity contribution >= 4 is 0 Å². The molecule has 1 saturated carbocycles. The van der Waals surface area contributed by atoms with Crippen LogP contribution in [-0.4, -0.2) is 22.2 Å². The molecule has 0 aromatic carbocycles. The number of terminal acetylenes is 1. The second kappa shape index (κ2) is 4.37. The van der Waals surface area contributed by atoms with Crippen molar-refractivity contribution in [2.24, 2.45) is 0 Å². The van der Waals surface area contributed by atoms with Crippen LogP contribution in [0.5, 0.6) is 0 Å². The Morgan fingerprint density at radius 2 is 2.33 bits per heavy atom. The standard InChI is InChI=1S/C11H15N3O/c1-2-5-12-6-7-13-8-9-14(11(13)15)10-3-4-10/h1,8-10,12H,3-7H2. The molecule has 80 valence electrons. The van der Waals surface area contributed by atoms with Crippen molar-refractivity contribution in [3.05, 3.63) is 22.9 Å². The molecule has 4 heteroatoms. The highest BCUT2D eigenvalue weighted by atomic mass is 16.1. The minimum absolute atomic E-state index is 0.0972. The van der Waals surface area contributed by atoms with Crippen LogP contribution < -0.4 is 11.0 Å². The molecular weight excluding hydrogens is 190 g/mol. The molecule has 0 amide bonds. The SMILES string of the molecule is C#CCNCCn1ccn(C2CC2)c1=O. The van der Waals surface area contributed by atoms with E-state index in [1.807, 2.05) is 17.0 Å². The Bertz CT molecular complexity index is 420. The largest absolute Gasteiger partial charge is 0.328 e. The van der Waals surface area contributed by atoms with E-state index >= 15 is 0 Å². The van der Waals surface area contributed by atoms with E-state index in [1.54, 1.807) is 4.57 Å². The van der Waals surface area contributed by atoms with Crippen LogP contribution in [0.4, 0.5) is 0 Å². The van der Waals surface area contributed by atoms with Gasteiger partial charge >= 0.3 is 5.69 Å². The van der Waals surface area contributed by atoms with Gasteiger partial charge in [-0.1, -0.05) is 5.92 Å². The van der Waals surface area contributed by atoms with Crippen LogP contribution >= 0.6 is 0 Å². The van der Waals surface area contributed by atoms with Crippen molar-refractivity contribution in [2.45, 2.75) is 25.4 Å². The molecule has 2 rings (SSSR count). The Hall–Kier alpha value is -1.47. The van der Waals surface area contributed by atoms with E-state index in [0.717, 1.165) is 19.4 Å². The zero-order valence-corrected chi connectivity index (χ0v) is 8.65. The van der Waals surface area contributed by atoms with Gasteiger partial charge in [0, 0.05) is 31.5 Å². The summed E-state index contributed by atoms with van der Waals surface area (Å²) in [4.78, 5) is 11.8. The number of rotatable bonds is 5. The number of nitrogens with one attached hydrogen (secondary N) is 1. The summed E-state index contributed by atoms with van der Waals surface area (Å²) in [6, 6.07) is 0.456. The molecule has 0 atom stereocenters. The van der Waals surface area contributed by atoms with Crippen LogP contribution in [0, 0.1) is 12.3 Å². The number of nitrogens with zero attached hydrogens (tertiary/aromatic N) is 2. The molecule has 1 heterocycles. The highest BCUT2D eigenvalue weighted by Gasteiger charge is 2.25. The summed E-state index contributed by atoms with van der Waals surface area (Å²) in [5.74, 6) is 2.50. The first kappa shape index (κ1) is 10.1. The Labute approximate surface area is 88.9 Å². The van der Waals surface area contributed by atoms with Crippen molar-refractivity contribution < 1.29 is 0 Å². The second-order valence-corrected chi connectivity index (χ2v) is 3.79. The minimum Gasteiger partial charge on any atom is -0.304 e. The number of hydrogen-bond donors (Lipinski definition) is 1. The first-order valence-corrected chi connectivity index (χ1v) is 5.24. The van der Waals surface area contributed by atoms with Gasteiger partial charge in [0.2, 0.25) is 0 Å². The zero-order valence-electron chi connectivity index (χ0n) is 8.65. The normalized spacial score (nSPS) is 15.1. The molecule has 0 saturated heterocycles. The molecular formula is C11H15N3O. The Kier molecular flexibility index (Phi) is 2.93.